The molecule has 2 aromatic carbocycles. The summed E-state index contributed by atoms with van der Waals surface area (Å²) in [5, 5.41) is 10.6. The maximum Gasteiger partial charge on any atom is 0.159 e. The fourth-order valence-corrected chi connectivity index (χ4v) is 3.64. The normalized spacial score (nSPS) is 11.6. The first kappa shape index (κ1) is 15.0. The molecule has 4 heterocycles. The number of aromatic nitrogens is 6. The van der Waals surface area contributed by atoms with Gasteiger partial charge in [0.2, 0.25) is 0 Å². The van der Waals surface area contributed by atoms with E-state index in [-0.39, 0.29) is 0 Å². The van der Waals surface area contributed by atoms with Gasteiger partial charge in [0.15, 0.2) is 11.5 Å². The van der Waals surface area contributed by atoms with Crippen LogP contribution in [0, 0.1) is 0 Å². The number of nitrogens with zero attached hydrogens (tertiary/aromatic N) is 4. The Bertz CT molecular complexity index is 1440. The molecule has 0 radical (unpaired) electrons. The average molecular weight is 362 g/mol. The highest BCUT2D eigenvalue weighted by molar-refractivity contribution is 5.99. The molecule has 0 aliphatic carbocycles. The molecule has 28 heavy (non-hydrogen) atoms. The third-order valence-electron chi connectivity index (χ3n) is 5.01. The number of fused-ring (bicyclic) bond motifs is 3. The van der Waals surface area contributed by atoms with Crippen molar-refractivity contribution in [1.29, 1.82) is 0 Å². The third kappa shape index (κ3) is 2.21. The fourth-order valence-electron chi connectivity index (χ4n) is 3.64. The molecular weight excluding hydrogens is 348 g/mol. The van der Waals surface area contributed by atoms with Gasteiger partial charge in [-0.05, 0) is 23.6 Å². The average Bonchev–Trinajstić information content (AvgIpc) is 3.36. The molecule has 0 fully saturated rings. The van der Waals surface area contributed by atoms with Crippen LogP contribution in [0.3, 0.4) is 0 Å². The van der Waals surface area contributed by atoms with Crippen molar-refractivity contribution in [3.8, 4) is 22.6 Å². The number of H-pyrrole nitrogens is 2. The first-order valence-electron chi connectivity index (χ1n) is 8.99. The highest BCUT2D eigenvalue weighted by atomic mass is 15.2. The summed E-state index contributed by atoms with van der Waals surface area (Å²) in [5.41, 5.74) is 5.42. The predicted molar refractivity (Wildman–Crippen MR) is 110 cm³/mol. The Hall–Kier alpha value is -4.06. The van der Waals surface area contributed by atoms with E-state index in [1.54, 1.807) is 0 Å². The van der Waals surface area contributed by atoms with Gasteiger partial charge in [-0.1, -0.05) is 36.4 Å². The van der Waals surface area contributed by atoms with Crippen LogP contribution in [0.15, 0.2) is 73.2 Å². The van der Waals surface area contributed by atoms with Gasteiger partial charge in [-0.25, -0.2) is 9.97 Å². The quantitative estimate of drug-likeness (QED) is 0.467. The van der Waals surface area contributed by atoms with Crippen LogP contribution in [0.25, 0.3) is 55.5 Å². The van der Waals surface area contributed by atoms with Gasteiger partial charge < -0.3 is 4.98 Å². The van der Waals surface area contributed by atoms with E-state index >= 15 is 0 Å². The van der Waals surface area contributed by atoms with Crippen LogP contribution in [0.1, 0.15) is 0 Å². The fraction of sp³-hybridized carbons (Fsp3) is 0. The molecule has 0 saturated heterocycles. The second-order valence-corrected chi connectivity index (χ2v) is 6.70. The molecule has 4 aromatic heterocycles. The highest BCUT2D eigenvalue weighted by Crippen LogP contribution is 2.31. The maximum absolute atomic E-state index is 4.68. The van der Waals surface area contributed by atoms with E-state index < -0.39 is 0 Å². The first-order valence-corrected chi connectivity index (χ1v) is 8.99. The Kier molecular flexibility index (Phi) is 3.07. The van der Waals surface area contributed by atoms with Gasteiger partial charge in [0.25, 0.3) is 0 Å². The van der Waals surface area contributed by atoms with E-state index in [4.69, 9.17) is 0 Å². The molecule has 6 rings (SSSR count). The van der Waals surface area contributed by atoms with Gasteiger partial charge in [0, 0.05) is 35.1 Å². The summed E-state index contributed by atoms with van der Waals surface area (Å²) in [6, 6.07) is 18.3. The zero-order valence-corrected chi connectivity index (χ0v) is 14.7. The molecule has 2 N–H and O–H groups in total. The minimum absolute atomic E-state index is 0.724. The lowest BCUT2D eigenvalue weighted by atomic mass is 10.0. The van der Waals surface area contributed by atoms with Gasteiger partial charge in [0.05, 0.1) is 16.4 Å². The summed E-state index contributed by atoms with van der Waals surface area (Å²) in [6.07, 6.45) is 5.61. The van der Waals surface area contributed by atoms with Crippen molar-refractivity contribution in [2.75, 3.05) is 0 Å². The number of nitrogens with one attached hydrogen (secondary N) is 2. The lowest BCUT2D eigenvalue weighted by Crippen LogP contribution is -1.86. The van der Waals surface area contributed by atoms with Crippen LogP contribution in [0.2, 0.25) is 0 Å². The Morgan fingerprint density at radius 1 is 0.821 bits per heavy atom. The van der Waals surface area contributed by atoms with Crippen molar-refractivity contribution in [1.82, 2.24) is 30.1 Å². The smallest absolute Gasteiger partial charge is 0.159 e. The lowest BCUT2D eigenvalue weighted by Gasteiger charge is -2.06. The van der Waals surface area contributed by atoms with Crippen molar-refractivity contribution >= 4 is 32.8 Å². The van der Waals surface area contributed by atoms with Gasteiger partial charge in [0.1, 0.15) is 5.69 Å². The zero-order valence-electron chi connectivity index (χ0n) is 14.7. The van der Waals surface area contributed by atoms with Crippen LogP contribution >= 0.6 is 0 Å². The molecule has 0 spiro atoms. The van der Waals surface area contributed by atoms with E-state index in [0.717, 1.165) is 55.5 Å². The molecule has 0 atom stereocenters. The predicted octanol–water partition coefficient (Wildman–Crippen LogP) is 4.72. The van der Waals surface area contributed by atoms with Crippen molar-refractivity contribution in [2.45, 2.75) is 0 Å². The summed E-state index contributed by atoms with van der Waals surface area (Å²) < 4.78 is 0. The first-order chi connectivity index (χ1) is 13.9. The van der Waals surface area contributed by atoms with Crippen LogP contribution in [-0.2, 0) is 0 Å². The number of hydrogen-bond acceptors (Lipinski definition) is 4. The topological polar surface area (TPSA) is 83.1 Å². The SMILES string of the molecule is c1ccc2c(-c3cnc4[nH]nc(-c5nc6ccccc6[nH]5)c4c3)cncc2c1. The van der Waals surface area contributed by atoms with Crippen molar-refractivity contribution in [3.05, 3.63) is 73.2 Å². The minimum atomic E-state index is 0.724. The maximum atomic E-state index is 4.68. The molecule has 0 amide bonds. The molecule has 132 valence electrons. The second kappa shape index (κ2) is 5.72. The van der Waals surface area contributed by atoms with E-state index in [0.29, 0.717) is 0 Å². The van der Waals surface area contributed by atoms with Crippen molar-refractivity contribution in [3.63, 3.8) is 0 Å². The van der Waals surface area contributed by atoms with Gasteiger partial charge in [-0.2, -0.15) is 5.10 Å². The van der Waals surface area contributed by atoms with Crippen molar-refractivity contribution in [2.24, 2.45) is 0 Å². The number of hydrogen-bond donors (Lipinski definition) is 2. The molecule has 0 aliphatic heterocycles. The van der Waals surface area contributed by atoms with E-state index in [1.165, 1.54) is 0 Å². The molecule has 0 aliphatic rings. The second-order valence-electron chi connectivity index (χ2n) is 6.70. The molecule has 0 saturated carbocycles. The van der Waals surface area contributed by atoms with Crippen molar-refractivity contribution < 1.29 is 0 Å². The molecule has 6 aromatic rings. The zero-order chi connectivity index (χ0) is 18.5. The molecular formula is C22H14N6. The Morgan fingerprint density at radius 3 is 2.68 bits per heavy atom. The van der Waals surface area contributed by atoms with Crippen LogP contribution in [0.4, 0.5) is 0 Å². The number of benzene rings is 2. The number of imidazole rings is 1. The third-order valence-corrected chi connectivity index (χ3v) is 5.01. The van der Waals surface area contributed by atoms with Gasteiger partial charge >= 0.3 is 0 Å². The number of para-hydroxylation sites is 2. The molecule has 0 bridgehead atoms. The lowest BCUT2D eigenvalue weighted by molar-refractivity contribution is 1.09. The van der Waals surface area contributed by atoms with Gasteiger partial charge in [-0.3, -0.25) is 10.1 Å². The summed E-state index contributed by atoms with van der Waals surface area (Å²) >= 11 is 0. The Morgan fingerprint density at radius 2 is 1.71 bits per heavy atom. The molecule has 0 unspecified atom stereocenters. The highest BCUT2D eigenvalue weighted by Gasteiger charge is 2.15. The summed E-state index contributed by atoms with van der Waals surface area (Å²) in [5.74, 6) is 0.724. The summed E-state index contributed by atoms with van der Waals surface area (Å²) in [6.45, 7) is 0. The monoisotopic (exact) mass is 362 g/mol. The Labute approximate surface area is 159 Å². The summed E-state index contributed by atoms with van der Waals surface area (Å²) in [4.78, 5) is 17.0. The molecule has 6 heteroatoms. The van der Waals surface area contributed by atoms with Crippen LogP contribution in [0.5, 0.6) is 0 Å². The number of pyridine rings is 2. The summed E-state index contributed by atoms with van der Waals surface area (Å²) in [7, 11) is 0. The van der Waals surface area contributed by atoms with E-state index in [9.17, 15) is 0 Å². The van der Waals surface area contributed by atoms with Gasteiger partial charge in [-0.15, -0.1) is 0 Å². The van der Waals surface area contributed by atoms with E-state index in [1.807, 2.05) is 55.0 Å². The number of aromatic amines is 2. The molecule has 6 nitrogen and oxygen atoms in total. The van der Waals surface area contributed by atoms with E-state index in [2.05, 4.69) is 48.3 Å². The minimum Gasteiger partial charge on any atom is -0.337 e. The standard InChI is InChI=1S/C22H14N6/c1-2-6-15-13(5-1)10-23-12-17(15)14-9-16-20(27-28-21(16)24-11-14)22-25-18-7-3-4-8-19(18)26-22/h1-12H,(H,25,26)(H,24,27,28). The largest absolute Gasteiger partial charge is 0.337 e. The van der Waals surface area contributed by atoms with Crippen LogP contribution < -0.4 is 0 Å². The Balaban J connectivity index is 1.57. The van der Waals surface area contributed by atoms with Crippen LogP contribution in [-0.4, -0.2) is 30.1 Å². The number of rotatable bonds is 2.